The molecule has 0 spiro atoms. The minimum atomic E-state index is -3.80. The predicted molar refractivity (Wildman–Crippen MR) is 168 cm³/mol. The van der Waals surface area contributed by atoms with Crippen LogP contribution in [-0.4, -0.2) is 73.9 Å². The fourth-order valence-electron chi connectivity index (χ4n) is 4.40. The summed E-state index contributed by atoms with van der Waals surface area (Å²) in [5, 5.41) is 14.4. The van der Waals surface area contributed by atoms with Gasteiger partial charge < -0.3 is 40.2 Å². The van der Waals surface area contributed by atoms with Crippen molar-refractivity contribution in [2.75, 3.05) is 50.8 Å². The number of sulfonamides is 1. The summed E-state index contributed by atoms with van der Waals surface area (Å²) >= 11 is 13.0. The van der Waals surface area contributed by atoms with Crippen molar-refractivity contribution in [1.29, 1.82) is 0 Å². The van der Waals surface area contributed by atoms with Crippen LogP contribution in [0.4, 0.5) is 4.39 Å². The van der Waals surface area contributed by atoms with Crippen LogP contribution < -0.4 is 5.14 Å². The standard InChI is InChI=1S/C29H41FN5O3S3.Cu.O/c30-25-8-6-24(7-9-25)29-22-26(33-35(29)27-10-12-28(13-11-27)41(31,36)37)23-38-19-5-3-1-2-4-16-34(18-21-40)17-14-32-15-20-39;;/h6-13,22,39-40H,1-5,14-21,23H2,(H2,31,36,37);;/q-1;;/p-2. The van der Waals surface area contributed by atoms with Crippen molar-refractivity contribution in [3.05, 3.63) is 71.4 Å². The van der Waals surface area contributed by atoms with Crippen molar-refractivity contribution in [3.8, 4) is 16.9 Å². The normalized spacial score (nSPS) is 11.5. The van der Waals surface area contributed by atoms with E-state index in [9.17, 15) is 12.8 Å². The molecule has 0 saturated heterocycles. The number of hydrogen-bond donors (Lipinski definition) is 1. The summed E-state index contributed by atoms with van der Waals surface area (Å²) in [5.74, 6) is 1.10. The number of aromatic nitrogens is 2. The SMILES string of the molecule is NS(=O)(=O)c1ccc(-n2nc(COCCCCCCCN(CC[S-])CC[N-]CC[S-])cc2-c2ccc(F)cc2)cc1.[O]=[Cu]. The van der Waals surface area contributed by atoms with Gasteiger partial charge in [0.15, 0.2) is 0 Å². The number of primary sulfonamides is 1. The summed E-state index contributed by atoms with van der Waals surface area (Å²) in [5.41, 5.74) is 2.89. The van der Waals surface area contributed by atoms with E-state index in [0.717, 1.165) is 81.1 Å². The second kappa shape index (κ2) is 21.2. The van der Waals surface area contributed by atoms with E-state index in [-0.39, 0.29) is 10.7 Å². The number of halogens is 1. The molecule has 0 aliphatic carbocycles. The molecule has 0 bridgehead atoms. The van der Waals surface area contributed by atoms with E-state index in [2.05, 4.69) is 31.3 Å². The topological polar surface area (TPSA) is 122 Å². The Bertz CT molecular complexity index is 1300. The van der Waals surface area contributed by atoms with Crippen LogP contribution >= 0.6 is 0 Å². The molecule has 1 heterocycles. The van der Waals surface area contributed by atoms with Gasteiger partial charge in [-0.05, 0) is 87.1 Å². The first-order valence-corrected chi connectivity index (χ1v) is 17.1. The van der Waals surface area contributed by atoms with E-state index in [1.165, 1.54) is 30.7 Å². The number of rotatable bonds is 20. The fourth-order valence-corrected chi connectivity index (χ4v) is 5.30. The molecule has 14 heteroatoms. The molecular formula is C29H39CuFN5O4S3-3. The van der Waals surface area contributed by atoms with Crippen molar-refractivity contribution in [2.24, 2.45) is 5.14 Å². The van der Waals surface area contributed by atoms with Crippen molar-refractivity contribution in [3.63, 3.8) is 0 Å². The van der Waals surface area contributed by atoms with Gasteiger partial charge in [0.25, 0.3) is 0 Å². The number of nitrogens with zero attached hydrogens (tertiary/aromatic N) is 4. The Morgan fingerprint density at radius 3 is 2.23 bits per heavy atom. The molecule has 43 heavy (non-hydrogen) atoms. The van der Waals surface area contributed by atoms with Gasteiger partial charge in [0.1, 0.15) is 5.82 Å². The Morgan fingerprint density at radius 2 is 1.58 bits per heavy atom. The minimum absolute atomic E-state index is 0.0176. The van der Waals surface area contributed by atoms with Crippen LogP contribution in [0.1, 0.15) is 37.8 Å². The first-order valence-electron chi connectivity index (χ1n) is 14.0. The molecule has 3 rings (SSSR count). The molecule has 1 aromatic heterocycles. The summed E-state index contributed by atoms with van der Waals surface area (Å²) < 4.78 is 52.3. The van der Waals surface area contributed by atoms with E-state index in [1.807, 2.05) is 6.07 Å². The van der Waals surface area contributed by atoms with E-state index in [0.29, 0.717) is 24.7 Å². The maximum atomic E-state index is 13.5. The van der Waals surface area contributed by atoms with Crippen molar-refractivity contribution < 1.29 is 37.3 Å². The van der Waals surface area contributed by atoms with Gasteiger partial charge in [-0.2, -0.15) is 23.1 Å². The third-order valence-electron chi connectivity index (χ3n) is 6.55. The van der Waals surface area contributed by atoms with Crippen LogP contribution in [0.15, 0.2) is 59.5 Å². The molecule has 9 nitrogen and oxygen atoms in total. The molecule has 243 valence electrons. The molecule has 0 unspecified atom stereocenters. The van der Waals surface area contributed by atoms with Gasteiger partial charge in [-0.15, -0.1) is 6.54 Å². The molecule has 0 aliphatic heterocycles. The number of benzene rings is 2. The molecule has 0 radical (unpaired) electrons. The average Bonchev–Trinajstić information content (AvgIpc) is 3.43. The zero-order chi connectivity index (χ0) is 31.5. The van der Waals surface area contributed by atoms with Crippen LogP contribution in [0.2, 0.25) is 0 Å². The van der Waals surface area contributed by atoms with E-state index in [4.69, 9.17) is 39.0 Å². The Morgan fingerprint density at radius 1 is 0.907 bits per heavy atom. The zero-order valence-electron chi connectivity index (χ0n) is 24.0. The second-order valence-corrected chi connectivity index (χ2v) is 12.1. The number of hydrogen-bond acceptors (Lipinski definition) is 8. The quantitative estimate of drug-likeness (QED) is 0.104. The first kappa shape index (κ1) is 37.6. The van der Waals surface area contributed by atoms with Crippen molar-refractivity contribution in [1.82, 2.24) is 14.7 Å². The Hall–Kier alpha value is -1.61. The summed E-state index contributed by atoms with van der Waals surface area (Å²) in [4.78, 5) is 2.42. The third-order valence-corrected chi connectivity index (χ3v) is 7.85. The molecule has 0 fully saturated rings. The van der Waals surface area contributed by atoms with E-state index in [1.54, 1.807) is 28.9 Å². The molecular weight excluding hydrogens is 661 g/mol. The van der Waals surface area contributed by atoms with E-state index >= 15 is 0 Å². The Labute approximate surface area is 274 Å². The van der Waals surface area contributed by atoms with Gasteiger partial charge in [-0.25, -0.2) is 22.6 Å². The van der Waals surface area contributed by atoms with E-state index < -0.39 is 10.0 Å². The number of unbranched alkanes of at least 4 members (excludes halogenated alkanes) is 4. The summed E-state index contributed by atoms with van der Waals surface area (Å²) in [7, 11) is -3.80. The Kier molecular flexibility index (Phi) is 18.5. The third kappa shape index (κ3) is 13.9. The molecule has 3 aromatic rings. The zero-order valence-corrected chi connectivity index (χ0v) is 27.4. The van der Waals surface area contributed by atoms with Crippen LogP contribution in [0.25, 0.3) is 22.3 Å². The molecule has 0 amide bonds. The fraction of sp³-hybridized carbons (Fsp3) is 0.483. The van der Waals surface area contributed by atoms with Crippen LogP contribution in [-0.2, 0) is 66.4 Å². The second-order valence-electron chi connectivity index (χ2n) is 9.72. The maximum absolute atomic E-state index is 13.5. The molecule has 0 saturated carbocycles. The van der Waals surface area contributed by atoms with Gasteiger partial charge in [-0.3, -0.25) is 0 Å². The van der Waals surface area contributed by atoms with Gasteiger partial charge in [0.05, 0.1) is 28.6 Å². The molecule has 2 aromatic carbocycles. The summed E-state index contributed by atoms with van der Waals surface area (Å²) in [6, 6.07) is 14.2. The van der Waals surface area contributed by atoms with Crippen LogP contribution in [0.3, 0.4) is 0 Å². The number of nitrogens with two attached hydrogens (primary N) is 1. The Balaban J connectivity index is 0.00000316. The average molecular weight is 700 g/mol. The van der Waals surface area contributed by atoms with Gasteiger partial charge in [-0.1, -0.05) is 19.3 Å². The van der Waals surface area contributed by atoms with Gasteiger partial charge in [0.2, 0.25) is 10.0 Å². The predicted octanol–water partition coefficient (Wildman–Crippen LogP) is 4.44. The van der Waals surface area contributed by atoms with Crippen LogP contribution in [0, 0.1) is 5.82 Å². The van der Waals surface area contributed by atoms with Crippen molar-refractivity contribution >= 4 is 35.3 Å². The number of ether oxygens (including phenoxy) is 1. The monoisotopic (exact) mass is 699 g/mol. The summed E-state index contributed by atoms with van der Waals surface area (Å²) in [6.07, 6.45) is 5.55. The first-order chi connectivity index (χ1) is 20.8. The van der Waals surface area contributed by atoms with Crippen molar-refractivity contribution in [2.45, 2.75) is 43.6 Å². The molecule has 2 N–H and O–H groups in total. The summed E-state index contributed by atoms with van der Waals surface area (Å²) in [6.45, 7) is 5.51. The van der Waals surface area contributed by atoms with Crippen LogP contribution in [0.5, 0.6) is 0 Å². The van der Waals surface area contributed by atoms with Gasteiger partial charge >= 0.3 is 19.8 Å². The molecule has 0 aliphatic rings. The molecule has 0 atom stereocenters. The van der Waals surface area contributed by atoms with Gasteiger partial charge in [0, 0.05) is 12.2 Å².